The lowest BCUT2D eigenvalue weighted by molar-refractivity contribution is 0.273. The molecule has 0 fully saturated rings. The SMILES string of the molecule is CS(=O)(=O)CC(CO)c1cccc(O)c1. The summed E-state index contributed by atoms with van der Waals surface area (Å²) >= 11 is 0. The number of hydrogen-bond donors (Lipinski definition) is 2. The van der Waals surface area contributed by atoms with Gasteiger partial charge in [0.15, 0.2) is 0 Å². The molecular formula is C10H14O4S. The van der Waals surface area contributed by atoms with Crippen LogP contribution < -0.4 is 0 Å². The number of hydrogen-bond acceptors (Lipinski definition) is 4. The predicted molar refractivity (Wildman–Crippen MR) is 57.6 cm³/mol. The molecule has 0 amide bonds. The number of aliphatic hydroxyl groups is 1. The normalized spacial score (nSPS) is 13.7. The van der Waals surface area contributed by atoms with Crippen molar-refractivity contribution in [2.24, 2.45) is 0 Å². The molecule has 0 spiro atoms. The summed E-state index contributed by atoms with van der Waals surface area (Å²) in [6, 6.07) is 6.27. The van der Waals surface area contributed by atoms with Crippen molar-refractivity contribution < 1.29 is 18.6 Å². The van der Waals surface area contributed by atoms with Gasteiger partial charge in [0.2, 0.25) is 0 Å². The Balaban J connectivity index is 2.93. The minimum Gasteiger partial charge on any atom is -0.508 e. The molecule has 0 aromatic heterocycles. The maximum Gasteiger partial charge on any atom is 0.148 e. The molecule has 0 saturated heterocycles. The lowest BCUT2D eigenvalue weighted by Crippen LogP contribution is -2.16. The monoisotopic (exact) mass is 230 g/mol. The molecule has 0 aliphatic heterocycles. The molecular weight excluding hydrogens is 216 g/mol. The first-order chi connectivity index (χ1) is 6.92. The first-order valence-electron chi connectivity index (χ1n) is 4.50. The third kappa shape index (κ3) is 3.89. The first-order valence-corrected chi connectivity index (χ1v) is 6.56. The number of rotatable bonds is 4. The van der Waals surface area contributed by atoms with Crippen LogP contribution in [0.4, 0.5) is 0 Å². The van der Waals surface area contributed by atoms with Crippen LogP contribution in [0.5, 0.6) is 5.75 Å². The molecule has 0 aliphatic rings. The fourth-order valence-electron chi connectivity index (χ4n) is 1.40. The van der Waals surface area contributed by atoms with Crippen LogP contribution in [0.2, 0.25) is 0 Å². The van der Waals surface area contributed by atoms with Crippen LogP contribution in [0.1, 0.15) is 11.5 Å². The standard InChI is InChI=1S/C10H14O4S/c1-15(13,14)7-9(6-11)8-3-2-4-10(12)5-8/h2-5,9,11-12H,6-7H2,1H3. The van der Waals surface area contributed by atoms with Gasteiger partial charge in [-0.05, 0) is 17.7 Å². The first kappa shape index (κ1) is 12.0. The Bertz CT molecular complexity index is 425. The van der Waals surface area contributed by atoms with Gasteiger partial charge in [0, 0.05) is 12.2 Å². The zero-order chi connectivity index (χ0) is 11.5. The second-order valence-electron chi connectivity index (χ2n) is 3.57. The number of phenols is 1. The molecule has 0 saturated carbocycles. The Kier molecular flexibility index (Phi) is 3.71. The van der Waals surface area contributed by atoms with Gasteiger partial charge in [-0.3, -0.25) is 0 Å². The summed E-state index contributed by atoms with van der Waals surface area (Å²) in [5.74, 6) is -0.529. The highest BCUT2D eigenvalue weighted by molar-refractivity contribution is 7.90. The number of sulfone groups is 1. The third-order valence-electron chi connectivity index (χ3n) is 2.07. The van der Waals surface area contributed by atoms with E-state index in [0.717, 1.165) is 6.26 Å². The molecule has 15 heavy (non-hydrogen) atoms. The molecule has 0 aliphatic carbocycles. The average molecular weight is 230 g/mol. The van der Waals surface area contributed by atoms with Crippen molar-refractivity contribution in [1.29, 1.82) is 0 Å². The zero-order valence-electron chi connectivity index (χ0n) is 8.42. The molecule has 1 unspecified atom stereocenters. The van der Waals surface area contributed by atoms with Gasteiger partial charge < -0.3 is 10.2 Å². The highest BCUT2D eigenvalue weighted by atomic mass is 32.2. The summed E-state index contributed by atoms with van der Waals surface area (Å²) in [6.45, 7) is -0.253. The van der Waals surface area contributed by atoms with E-state index in [4.69, 9.17) is 5.11 Å². The fourth-order valence-corrected chi connectivity index (χ4v) is 2.43. The maximum absolute atomic E-state index is 11.1. The van der Waals surface area contributed by atoms with Gasteiger partial charge in [0.05, 0.1) is 12.4 Å². The Morgan fingerprint density at radius 3 is 2.53 bits per heavy atom. The molecule has 1 rings (SSSR count). The summed E-state index contributed by atoms with van der Waals surface area (Å²) in [5.41, 5.74) is 0.628. The average Bonchev–Trinajstić information content (AvgIpc) is 2.13. The Labute approximate surface area is 89.1 Å². The van der Waals surface area contributed by atoms with E-state index in [1.807, 2.05) is 0 Å². The van der Waals surface area contributed by atoms with E-state index in [1.165, 1.54) is 12.1 Å². The summed E-state index contributed by atoms with van der Waals surface area (Å²) in [6.07, 6.45) is 1.12. The van der Waals surface area contributed by atoms with Crippen molar-refractivity contribution in [2.45, 2.75) is 5.92 Å². The molecule has 84 valence electrons. The lowest BCUT2D eigenvalue weighted by Gasteiger charge is -2.13. The van der Waals surface area contributed by atoms with Crippen LogP contribution >= 0.6 is 0 Å². The second-order valence-corrected chi connectivity index (χ2v) is 5.75. The van der Waals surface area contributed by atoms with Crippen molar-refractivity contribution in [1.82, 2.24) is 0 Å². The number of aliphatic hydroxyl groups excluding tert-OH is 1. The smallest absolute Gasteiger partial charge is 0.148 e. The van der Waals surface area contributed by atoms with Gasteiger partial charge in [0.25, 0.3) is 0 Å². The summed E-state index contributed by atoms with van der Waals surface area (Å²) in [4.78, 5) is 0. The highest BCUT2D eigenvalue weighted by Crippen LogP contribution is 2.21. The van der Waals surface area contributed by atoms with Gasteiger partial charge in [-0.1, -0.05) is 12.1 Å². The van der Waals surface area contributed by atoms with Gasteiger partial charge in [0.1, 0.15) is 15.6 Å². The quantitative estimate of drug-likeness (QED) is 0.790. The minimum atomic E-state index is -3.14. The van der Waals surface area contributed by atoms with E-state index in [0.29, 0.717) is 5.56 Å². The largest absolute Gasteiger partial charge is 0.508 e. The van der Waals surface area contributed by atoms with Crippen LogP contribution in [0.25, 0.3) is 0 Å². The van der Waals surface area contributed by atoms with Gasteiger partial charge in [-0.15, -0.1) is 0 Å². The molecule has 2 N–H and O–H groups in total. The van der Waals surface area contributed by atoms with Crippen molar-refractivity contribution in [3.8, 4) is 5.75 Å². The Morgan fingerprint density at radius 2 is 2.07 bits per heavy atom. The molecule has 1 atom stereocenters. The van der Waals surface area contributed by atoms with Crippen LogP contribution in [0, 0.1) is 0 Å². The minimum absolute atomic E-state index is 0.0689. The fraction of sp³-hybridized carbons (Fsp3) is 0.400. The van der Waals surface area contributed by atoms with Crippen molar-refractivity contribution in [3.63, 3.8) is 0 Å². The molecule has 4 nitrogen and oxygen atoms in total. The number of phenolic OH excluding ortho intramolecular Hbond substituents is 1. The van der Waals surface area contributed by atoms with E-state index in [2.05, 4.69) is 0 Å². The van der Waals surface area contributed by atoms with Crippen LogP contribution in [-0.4, -0.2) is 37.2 Å². The predicted octanol–water partition coefficient (Wildman–Crippen LogP) is 0.513. The van der Waals surface area contributed by atoms with E-state index in [1.54, 1.807) is 12.1 Å². The molecule has 0 heterocycles. The number of benzene rings is 1. The Hall–Kier alpha value is -1.07. The van der Waals surface area contributed by atoms with E-state index < -0.39 is 15.8 Å². The number of aromatic hydroxyl groups is 1. The van der Waals surface area contributed by atoms with Crippen LogP contribution in [-0.2, 0) is 9.84 Å². The zero-order valence-corrected chi connectivity index (χ0v) is 9.24. The topological polar surface area (TPSA) is 74.6 Å². The van der Waals surface area contributed by atoms with E-state index in [9.17, 15) is 13.5 Å². The van der Waals surface area contributed by atoms with Gasteiger partial charge in [-0.25, -0.2) is 8.42 Å². The molecule has 1 aromatic rings. The summed E-state index contributed by atoms with van der Waals surface area (Å²) in [5, 5.41) is 18.3. The molecule has 0 radical (unpaired) electrons. The van der Waals surface area contributed by atoms with Crippen molar-refractivity contribution >= 4 is 9.84 Å². The van der Waals surface area contributed by atoms with Crippen LogP contribution in [0.15, 0.2) is 24.3 Å². The molecule has 1 aromatic carbocycles. The van der Waals surface area contributed by atoms with Crippen LogP contribution in [0.3, 0.4) is 0 Å². The molecule has 5 heteroatoms. The lowest BCUT2D eigenvalue weighted by atomic mass is 10.0. The highest BCUT2D eigenvalue weighted by Gasteiger charge is 2.16. The van der Waals surface area contributed by atoms with E-state index in [-0.39, 0.29) is 18.1 Å². The maximum atomic E-state index is 11.1. The second kappa shape index (κ2) is 4.63. The summed E-state index contributed by atoms with van der Waals surface area (Å²) in [7, 11) is -3.14. The Morgan fingerprint density at radius 1 is 1.40 bits per heavy atom. The van der Waals surface area contributed by atoms with Gasteiger partial charge >= 0.3 is 0 Å². The van der Waals surface area contributed by atoms with Crippen molar-refractivity contribution in [3.05, 3.63) is 29.8 Å². The van der Waals surface area contributed by atoms with Crippen molar-refractivity contribution in [2.75, 3.05) is 18.6 Å². The molecule has 0 bridgehead atoms. The van der Waals surface area contributed by atoms with Gasteiger partial charge in [-0.2, -0.15) is 0 Å². The summed E-state index contributed by atoms with van der Waals surface area (Å²) < 4.78 is 22.2. The third-order valence-corrected chi connectivity index (χ3v) is 3.07. The van der Waals surface area contributed by atoms with E-state index >= 15 is 0 Å².